The van der Waals surface area contributed by atoms with Gasteiger partial charge in [0.15, 0.2) is 5.96 Å². The first-order chi connectivity index (χ1) is 10.3. The van der Waals surface area contributed by atoms with Gasteiger partial charge in [-0.2, -0.15) is 0 Å². The molecule has 0 saturated carbocycles. The number of nitrogens with one attached hydrogen (secondary N) is 2. The van der Waals surface area contributed by atoms with Crippen LogP contribution in [0.2, 0.25) is 0 Å². The quantitative estimate of drug-likeness (QED) is 0.370. The molecule has 124 valence electrons. The fourth-order valence-electron chi connectivity index (χ4n) is 2.90. The van der Waals surface area contributed by atoms with Crippen LogP contribution < -0.4 is 10.6 Å². The van der Waals surface area contributed by atoms with E-state index in [-0.39, 0.29) is 0 Å². The van der Waals surface area contributed by atoms with E-state index in [2.05, 4.69) is 36.3 Å². The van der Waals surface area contributed by atoms with E-state index in [4.69, 9.17) is 4.99 Å². The average molecular weight is 297 g/mol. The molecule has 1 atom stereocenters. The Hall–Kier alpha value is -0.770. The predicted molar refractivity (Wildman–Crippen MR) is 93.0 cm³/mol. The van der Waals surface area contributed by atoms with Gasteiger partial charge in [-0.25, -0.2) is 0 Å². The molecule has 1 heterocycles. The van der Waals surface area contributed by atoms with E-state index in [9.17, 15) is 0 Å². The third kappa shape index (κ3) is 8.30. The Kier molecular flexibility index (Phi) is 10.3. The van der Waals surface area contributed by atoms with Crippen molar-refractivity contribution in [1.29, 1.82) is 0 Å². The van der Waals surface area contributed by atoms with Gasteiger partial charge in [0.25, 0.3) is 0 Å². The second kappa shape index (κ2) is 11.8. The Bertz CT molecular complexity index is 278. The molecular formula is C17H36N4. The van der Waals surface area contributed by atoms with E-state index in [1.165, 1.54) is 58.2 Å². The molecule has 1 aliphatic heterocycles. The molecule has 2 N–H and O–H groups in total. The summed E-state index contributed by atoms with van der Waals surface area (Å²) < 4.78 is 0. The average Bonchev–Trinajstić information content (AvgIpc) is 2.92. The van der Waals surface area contributed by atoms with Crippen molar-refractivity contribution in [2.45, 2.75) is 59.3 Å². The van der Waals surface area contributed by atoms with Gasteiger partial charge in [-0.3, -0.25) is 4.99 Å². The van der Waals surface area contributed by atoms with E-state index in [1.54, 1.807) is 0 Å². The Morgan fingerprint density at radius 3 is 2.67 bits per heavy atom. The Morgan fingerprint density at radius 2 is 1.95 bits per heavy atom. The molecule has 1 saturated heterocycles. The fraction of sp³-hybridized carbons (Fsp3) is 0.941. The number of unbranched alkanes of at least 4 members (excludes halogenated alkanes) is 3. The lowest BCUT2D eigenvalue weighted by molar-refractivity contribution is 0.326. The molecule has 4 nitrogen and oxygen atoms in total. The van der Waals surface area contributed by atoms with Crippen molar-refractivity contribution >= 4 is 5.96 Å². The van der Waals surface area contributed by atoms with Crippen LogP contribution in [0.5, 0.6) is 0 Å². The molecule has 1 unspecified atom stereocenters. The van der Waals surface area contributed by atoms with Crippen LogP contribution in [0.25, 0.3) is 0 Å². The normalized spacial score (nSPS) is 20.0. The summed E-state index contributed by atoms with van der Waals surface area (Å²) in [5.74, 6) is 1.75. The van der Waals surface area contributed by atoms with E-state index < -0.39 is 0 Å². The molecular weight excluding hydrogens is 260 g/mol. The van der Waals surface area contributed by atoms with Crippen LogP contribution in [0.15, 0.2) is 4.99 Å². The highest BCUT2D eigenvalue weighted by atomic mass is 15.2. The molecule has 0 aromatic heterocycles. The highest BCUT2D eigenvalue weighted by molar-refractivity contribution is 5.79. The number of hydrogen-bond acceptors (Lipinski definition) is 2. The fourth-order valence-corrected chi connectivity index (χ4v) is 2.90. The van der Waals surface area contributed by atoms with Gasteiger partial charge in [0, 0.05) is 26.2 Å². The zero-order valence-corrected chi connectivity index (χ0v) is 14.5. The smallest absolute Gasteiger partial charge is 0.191 e. The highest BCUT2D eigenvalue weighted by Crippen LogP contribution is 2.16. The van der Waals surface area contributed by atoms with E-state index >= 15 is 0 Å². The second-order valence-corrected chi connectivity index (χ2v) is 6.16. The lowest BCUT2D eigenvalue weighted by atomic mass is 10.1. The summed E-state index contributed by atoms with van der Waals surface area (Å²) >= 11 is 0. The minimum Gasteiger partial charge on any atom is -0.357 e. The van der Waals surface area contributed by atoms with Crippen LogP contribution in [0, 0.1) is 5.92 Å². The Labute approximate surface area is 131 Å². The van der Waals surface area contributed by atoms with Crippen molar-refractivity contribution in [2.24, 2.45) is 10.9 Å². The number of aliphatic imine (C=N–C) groups is 1. The van der Waals surface area contributed by atoms with Crippen molar-refractivity contribution in [2.75, 3.05) is 39.3 Å². The molecule has 0 spiro atoms. The first-order valence-electron chi connectivity index (χ1n) is 9.04. The van der Waals surface area contributed by atoms with Crippen LogP contribution in [0.4, 0.5) is 0 Å². The van der Waals surface area contributed by atoms with Crippen LogP contribution in [0.3, 0.4) is 0 Å². The topological polar surface area (TPSA) is 39.7 Å². The zero-order valence-electron chi connectivity index (χ0n) is 14.5. The van der Waals surface area contributed by atoms with E-state index in [0.29, 0.717) is 0 Å². The minimum absolute atomic E-state index is 0.743. The first kappa shape index (κ1) is 18.3. The van der Waals surface area contributed by atoms with E-state index in [1.807, 2.05) is 0 Å². The van der Waals surface area contributed by atoms with Crippen molar-refractivity contribution in [1.82, 2.24) is 15.5 Å². The van der Waals surface area contributed by atoms with Crippen molar-refractivity contribution in [3.05, 3.63) is 0 Å². The summed E-state index contributed by atoms with van der Waals surface area (Å²) in [6.45, 7) is 13.3. The predicted octanol–water partition coefficient (Wildman–Crippen LogP) is 2.85. The maximum absolute atomic E-state index is 4.78. The molecule has 1 aliphatic rings. The van der Waals surface area contributed by atoms with Gasteiger partial charge >= 0.3 is 0 Å². The standard InChI is InChI=1S/C17H36N4/c1-4-7-8-9-11-19-17(18-6-3)20-14-16-10-13-21(15-16)12-5-2/h16H,4-15H2,1-3H3,(H2,18,19,20). The maximum atomic E-state index is 4.78. The number of hydrogen-bond donors (Lipinski definition) is 2. The van der Waals surface area contributed by atoms with Crippen molar-refractivity contribution in [3.8, 4) is 0 Å². The van der Waals surface area contributed by atoms with Gasteiger partial charge < -0.3 is 15.5 Å². The summed E-state index contributed by atoms with van der Waals surface area (Å²) in [4.78, 5) is 7.35. The zero-order chi connectivity index (χ0) is 15.3. The molecule has 0 radical (unpaired) electrons. The summed E-state index contributed by atoms with van der Waals surface area (Å²) in [7, 11) is 0. The molecule has 1 rings (SSSR count). The minimum atomic E-state index is 0.743. The SMILES string of the molecule is CCCCCCNC(=NCC1CCN(CCC)C1)NCC. The van der Waals surface area contributed by atoms with Gasteiger partial charge in [0.05, 0.1) is 0 Å². The number of rotatable bonds is 10. The van der Waals surface area contributed by atoms with Gasteiger partial charge in [-0.15, -0.1) is 0 Å². The number of guanidine groups is 1. The molecule has 4 heteroatoms. The van der Waals surface area contributed by atoms with Gasteiger partial charge in [-0.1, -0.05) is 33.1 Å². The van der Waals surface area contributed by atoms with Gasteiger partial charge in [0.1, 0.15) is 0 Å². The highest BCUT2D eigenvalue weighted by Gasteiger charge is 2.21. The largest absolute Gasteiger partial charge is 0.357 e. The Morgan fingerprint density at radius 1 is 1.10 bits per heavy atom. The number of nitrogens with zero attached hydrogens (tertiary/aromatic N) is 2. The molecule has 0 aromatic rings. The molecule has 0 amide bonds. The lowest BCUT2D eigenvalue weighted by Crippen LogP contribution is -2.38. The first-order valence-corrected chi connectivity index (χ1v) is 9.04. The summed E-state index contributed by atoms with van der Waals surface area (Å²) in [6, 6.07) is 0. The summed E-state index contributed by atoms with van der Waals surface area (Å²) in [6.07, 6.45) is 7.76. The maximum Gasteiger partial charge on any atom is 0.191 e. The second-order valence-electron chi connectivity index (χ2n) is 6.16. The Balaban J connectivity index is 2.24. The third-order valence-corrected chi connectivity index (χ3v) is 4.08. The molecule has 1 fully saturated rings. The molecule has 0 bridgehead atoms. The van der Waals surface area contributed by atoms with Gasteiger partial charge in [-0.05, 0) is 45.2 Å². The third-order valence-electron chi connectivity index (χ3n) is 4.08. The van der Waals surface area contributed by atoms with Crippen LogP contribution in [0.1, 0.15) is 59.3 Å². The molecule has 0 aromatic carbocycles. The summed E-state index contributed by atoms with van der Waals surface area (Å²) in [5.41, 5.74) is 0. The van der Waals surface area contributed by atoms with Crippen molar-refractivity contribution < 1.29 is 0 Å². The summed E-state index contributed by atoms with van der Waals surface area (Å²) in [5, 5.41) is 6.82. The van der Waals surface area contributed by atoms with Gasteiger partial charge in [0.2, 0.25) is 0 Å². The lowest BCUT2D eigenvalue weighted by Gasteiger charge is -2.15. The molecule has 21 heavy (non-hydrogen) atoms. The van der Waals surface area contributed by atoms with Crippen LogP contribution >= 0.6 is 0 Å². The van der Waals surface area contributed by atoms with Crippen LogP contribution in [-0.2, 0) is 0 Å². The molecule has 0 aliphatic carbocycles. The van der Waals surface area contributed by atoms with Crippen LogP contribution in [-0.4, -0.2) is 50.1 Å². The number of likely N-dealkylation sites (tertiary alicyclic amines) is 1. The van der Waals surface area contributed by atoms with Crippen molar-refractivity contribution in [3.63, 3.8) is 0 Å². The monoisotopic (exact) mass is 296 g/mol. The van der Waals surface area contributed by atoms with E-state index in [0.717, 1.165) is 31.5 Å².